The van der Waals surface area contributed by atoms with Crippen LogP contribution in [-0.4, -0.2) is 121 Å². The Hall–Kier alpha value is -6.72. The Bertz CT molecular complexity index is 2570. The fourth-order valence-corrected chi connectivity index (χ4v) is 9.23. The second-order valence-electron chi connectivity index (χ2n) is 17.1. The molecule has 3 saturated heterocycles. The standard InChI is InChI=1S/C47H52N12O5.ClH/c1-30(51-44(61)33-6-4-8-36(24-33)49-26-41-53-54-43(55(41)2)39-13-16-48-29-50-39)32-5-3-7-34(23-32)46(63)58-17-14-31(15-18-58)27-56-19-21-57(22-20-56)37-9-10-38-35(25-37)28-59(47(38)64)40-11-12-42(60)52-45(40)62;/h3-10,13,16,23-25,29-31,40,49H,11-12,14-15,17-22,26-28H2,1-2H3,(H,51,61)(H,52,60,62);1H/t30-,40?;/m1./s1. The molecule has 2 aromatic heterocycles. The highest BCUT2D eigenvalue weighted by molar-refractivity contribution is 6.05. The Kier molecular flexibility index (Phi) is 13.5. The van der Waals surface area contributed by atoms with E-state index in [9.17, 15) is 24.0 Å². The number of hydrogen-bond donors (Lipinski definition) is 3. The number of halogens is 1. The molecule has 0 radical (unpaired) electrons. The molecule has 338 valence electrons. The van der Waals surface area contributed by atoms with Crippen LogP contribution >= 0.6 is 12.4 Å². The molecule has 9 rings (SSSR count). The van der Waals surface area contributed by atoms with Gasteiger partial charge < -0.3 is 29.9 Å². The SMILES string of the molecule is C[C@@H](NC(=O)c1cccc(NCc2nnc(-c3ccncn3)n2C)c1)c1cccc(C(=O)N2CCC(CN3CCN(c4ccc5c(c4)CN(C4CCC(=O)NC4=O)C5=O)CC3)CC2)c1.Cl. The van der Waals surface area contributed by atoms with Crippen molar-refractivity contribution in [2.45, 2.75) is 57.8 Å². The molecule has 6 heterocycles. The van der Waals surface area contributed by atoms with Crippen molar-refractivity contribution in [2.24, 2.45) is 13.0 Å². The highest BCUT2D eigenvalue weighted by atomic mass is 35.5. The Balaban J connectivity index is 0.00000576. The monoisotopic (exact) mass is 900 g/mol. The van der Waals surface area contributed by atoms with E-state index in [2.05, 4.69) is 52.0 Å². The number of anilines is 2. The first-order valence-corrected chi connectivity index (χ1v) is 22.0. The second-order valence-corrected chi connectivity index (χ2v) is 17.1. The normalized spacial score (nSPS) is 18.5. The van der Waals surface area contributed by atoms with Crippen LogP contribution in [0, 0.1) is 5.92 Å². The van der Waals surface area contributed by atoms with Crippen LogP contribution in [0.1, 0.15) is 86.7 Å². The number of carbonyl (C=O) groups excluding carboxylic acids is 5. The van der Waals surface area contributed by atoms with Crippen molar-refractivity contribution < 1.29 is 24.0 Å². The van der Waals surface area contributed by atoms with Crippen molar-refractivity contribution in [2.75, 3.05) is 56.0 Å². The molecule has 5 amide bonds. The number of hydrogen-bond acceptors (Lipinski definition) is 12. The fourth-order valence-electron chi connectivity index (χ4n) is 9.23. The van der Waals surface area contributed by atoms with Gasteiger partial charge in [0.05, 0.1) is 12.6 Å². The largest absolute Gasteiger partial charge is 0.378 e. The minimum atomic E-state index is -0.619. The quantitative estimate of drug-likeness (QED) is 0.151. The van der Waals surface area contributed by atoms with Gasteiger partial charge in [-0.05, 0) is 97.8 Å². The van der Waals surface area contributed by atoms with Crippen LogP contribution in [0.2, 0.25) is 0 Å². The molecule has 5 aromatic rings. The summed E-state index contributed by atoms with van der Waals surface area (Å²) in [7, 11) is 1.88. The summed E-state index contributed by atoms with van der Waals surface area (Å²) >= 11 is 0. The van der Waals surface area contributed by atoms with E-state index in [0.717, 1.165) is 68.1 Å². The number of aromatic nitrogens is 5. The molecule has 4 aliphatic rings. The Morgan fingerprint density at radius 2 is 1.66 bits per heavy atom. The van der Waals surface area contributed by atoms with Gasteiger partial charge in [0.25, 0.3) is 17.7 Å². The topological polar surface area (TPSA) is 191 Å². The smallest absolute Gasteiger partial charge is 0.255 e. The van der Waals surface area contributed by atoms with E-state index in [-0.39, 0.29) is 48.5 Å². The zero-order valence-electron chi connectivity index (χ0n) is 36.5. The predicted octanol–water partition coefficient (Wildman–Crippen LogP) is 4.23. The number of likely N-dealkylation sites (tertiary alicyclic amines) is 1. The summed E-state index contributed by atoms with van der Waals surface area (Å²) in [5.41, 5.74) is 6.04. The maximum atomic E-state index is 13.7. The van der Waals surface area contributed by atoms with E-state index >= 15 is 0 Å². The first kappa shape index (κ1) is 44.9. The lowest BCUT2D eigenvalue weighted by Gasteiger charge is -2.39. The van der Waals surface area contributed by atoms with Gasteiger partial charge in [0.2, 0.25) is 11.8 Å². The number of piperazine rings is 1. The van der Waals surface area contributed by atoms with Crippen LogP contribution in [0.4, 0.5) is 11.4 Å². The average molecular weight is 901 g/mol. The number of amides is 5. The van der Waals surface area contributed by atoms with Crippen molar-refractivity contribution in [3.8, 4) is 11.5 Å². The van der Waals surface area contributed by atoms with Crippen molar-refractivity contribution >= 4 is 53.3 Å². The molecule has 3 aromatic carbocycles. The van der Waals surface area contributed by atoms with Gasteiger partial charge in [-0.25, -0.2) is 9.97 Å². The van der Waals surface area contributed by atoms with Crippen LogP contribution in [0.3, 0.4) is 0 Å². The number of benzene rings is 3. The molecule has 2 atom stereocenters. The molecule has 0 spiro atoms. The molecular formula is C47H53ClN12O5. The highest BCUT2D eigenvalue weighted by Crippen LogP contribution is 2.31. The van der Waals surface area contributed by atoms with Crippen LogP contribution in [0.25, 0.3) is 11.5 Å². The fraction of sp³-hybridized carbons (Fsp3) is 0.383. The Morgan fingerprint density at radius 3 is 2.43 bits per heavy atom. The zero-order valence-corrected chi connectivity index (χ0v) is 37.3. The lowest BCUT2D eigenvalue weighted by molar-refractivity contribution is -0.136. The van der Waals surface area contributed by atoms with Crippen LogP contribution < -0.4 is 20.9 Å². The summed E-state index contributed by atoms with van der Waals surface area (Å²) in [6.45, 7) is 8.69. The molecule has 0 bridgehead atoms. The van der Waals surface area contributed by atoms with Crippen molar-refractivity contribution in [1.29, 1.82) is 0 Å². The molecule has 65 heavy (non-hydrogen) atoms. The van der Waals surface area contributed by atoms with Crippen molar-refractivity contribution in [1.82, 2.24) is 50.1 Å². The van der Waals surface area contributed by atoms with Gasteiger partial charge in [0.1, 0.15) is 18.1 Å². The average Bonchev–Trinajstić information content (AvgIpc) is 3.86. The molecule has 4 aliphatic heterocycles. The first-order valence-electron chi connectivity index (χ1n) is 22.0. The van der Waals surface area contributed by atoms with E-state index in [0.29, 0.717) is 72.6 Å². The molecule has 3 fully saturated rings. The molecule has 17 nitrogen and oxygen atoms in total. The minimum Gasteiger partial charge on any atom is -0.378 e. The molecule has 1 unspecified atom stereocenters. The summed E-state index contributed by atoms with van der Waals surface area (Å²) < 4.78 is 1.87. The number of imide groups is 1. The van der Waals surface area contributed by atoms with E-state index in [1.54, 1.807) is 29.3 Å². The van der Waals surface area contributed by atoms with Gasteiger partial charge >= 0.3 is 0 Å². The van der Waals surface area contributed by atoms with Gasteiger partial charge in [0.15, 0.2) is 11.6 Å². The number of rotatable bonds is 12. The maximum Gasteiger partial charge on any atom is 0.255 e. The second kappa shape index (κ2) is 19.6. The van der Waals surface area contributed by atoms with Gasteiger partial charge in [0, 0.05) is 100 Å². The molecule has 3 N–H and O–H groups in total. The summed E-state index contributed by atoms with van der Waals surface area (Å²) in [6, 6.07) is 21.6. The summed E-state index contributed by atoms with van der Waals surface area (Å²) in [5.74, 6) is 0.794. The predicted molar refractivity (Wildman–Crippen MR) is 245 cm³/mol. The van der Waals surface area contributed by atoms with Gasteiger partial charge in [-0.15, -0.1) is 22.6 Å². The van der Waals surface area contributed by atoms with Gasteiger partial charge in [-0.1, -0.05) is 18.2 Å². The number of fused-ring (bicyclic) bond motifs is 1. The molecular weight excluding hydrogens is 848 g/mol. The molecule has 0 saturated carbocycles. The minimum absolute atomic E-state index is 0. The number of piperidine rings is 2. The van der Waals surface area contributed by atoms with Crippen LogP contribution in [0.5, 0.6) is 0 Å². The first-order chi connectivity index (χ1) is 31.1. The summed E-state index contributed by atoms with van der Waals surface area (Å²) in [4.78, 5) is 81.1. The maximum absolute atomic E-state index is 13.7. The van der Waals surface area contributed by atoms with Crippen molar-refractivity contribution in [3.63, 3.8) is 0 Å². The third-order valence-electron chi connectivity index (χ3n) is 13.0. The van der Waals surface area contributed by atoms with E-state index in [1.807, 2.05) is 72.0 Å². The van der Waals surface area contributed by atoms with Crippen LogP contribution in [-0.2, 0) is 29.7 Å². The Labute approximate surface area is 383 Å². The lowest BCUT2D eigenvalue weighted by atomic mass is 9.95. The third-order valence-corrected chi connectivity index (χ3v) is 13.0. The highest BCUT2D eigenvalue weighted by Gasteiger charge is 2.39. The van der Waals surface area contributed by atoms with Gasteiger partial charge in [-0.2, -0.15) is 0 Å². The van der Waals surface area contributed by atoms with Crippen molar-refractivity contribution in [3.05, 3.63) is 119 Å². The summed E-state index contributed by atoms with van der Waals surface area (Å²) in [6.07, 6.45) is 5.61. The van der Waals surface area contributed by atoms with Crippen LogP contribution in [0.15, 0.2) is 85.3 Å². The Morgan fingerprint density at radius 1 is 0.877 bits per heavy atom. The van der Waals surface area contributed by atoms with Gasteiger partial charge in [-0.3, -0.25) is 34.2 Å². The van der Waals surface area contributed by atoms with E-state index in [4.69, 9.17) is 0 Å². The summed E-state index contributed by atoms with van der Waals surface area (Å²) in [5, 5.41) is 17.4. The number of nitrogens with zero attached hydrogens (tertiary/aromatic N) is 9. The number of nitrogens with one attached hydrogen (secondary N) is 3. The number of carbonyl (C=O) groups is 5. The molecule has 18 heteroatoms. The van der Waals surface area contributed by atoms with E-state index < -0.39 is 11.9 Å². The zero-order chi connectivity index (χ0) is 44.3. The third kappa shape index (κ3) is 9.85. The molecule has 0 aliphatic carbocycles. The lowest BCUT2D eigenvalue weighted by Crippen LogP contribution is -2.52. The van der Waals surface area contributed by atoms with E-state index in [1.165, 1.54) is 6.33 Å².